The molecule has 2 heterocycles. The lowest BCUT2D eigenvalue weighted by molar-refractivity contribution is 0.375. The van der Waals surface area contributed by atoms with Crippen molar-refractivity contribution in [3.05, 3.63) is 47.3 Å². The van der Waals surface area contributed by atoms with Gasteiger partial charge in [-0.25, -0.2) is 4.98 Å². The second kappa shape index (κ2) is 7.75. The summed E-state index contributed by atoms with van der Waals surface area (Å²) in [4.78, 5) is 12.6. The minimum absolute atomic E-state index is 0.339. The highest BCUT2D eigenvalue weighted by atomic mass is 35.5. The number of halogens is 1. The van der Waals surface area contributed by atoms with E-state index < -0.39 is 0 Å². The van der Waals surface area contributed by atoms with Gasteiger partial charge in [0, 0.05) is 24.7 Å². The Morgan fingerprint density at radius 2 is 2.16 bits per heavy atom. The average molecular weight is 361 g/mol. The third kappa shape index (κ3) is 4.32. The van der Waals surface area contributed by atoms with Crippen LogP contribution in [0.1, 0.15) is 11.7 Å². The van der Waals surface area contributed by atoms with Gasteiger partial charge < -0.3 is 15.2 Å². The van der Waals surface area contributed by atoms with E-state index in [0.717, 1.165) is 11.4 Å². The number of hydrogen-bond donors (Lipinski definition) is 2. The molecule has 25 heavy (non-hydrogen) atoms. The monoisotopic (exact) mass is 360 g/mol. The number of aliphatic imine (C=N–C) groups is 1. The molecule has 2 aromatic heterocycles. The maximum Gasteiger partial charge on any atom is 0.246 e. The molecule has 1 aromatic carbocycles. The number of nitrogens with zero attached hydrogens (tertiary/aromatic N) is 6. The van der Waals surface area contributed by atoms with Crippen LogP contribution in [0.25, 0.3) is 11.4 Å². The van der Waals surface area contributed by atoms with Crippen LogP contribution in [-0.2, 0) is 20.1 Å². The molecule has 0 fully saturated rings. The molecule has 3 aromatic rings. The Morgan fingerprint density at radius 3 is 2.88 bits per heavy atom. The quantitative estimate of drug-likeness (QED) is 0.523. The maximum atomic E-state index is 5.98. The molecule has 0 unspecified atom stereocenters. The predicted octanol–water partition coefficient (Wildman–Crippen LogP) is 1.38. The van der Waals surface area contributed by atoms with Crippen molar-refractivity contribution in [2.75, 3.05) is 7.05 Å². The number of aryl methyl sites for hydroxylation is 1. The van der Waals surface area contributed by atoms with E-state index in [1.807, 2.05) is 19.2 Å². The second-order valence-corrected chi connectivity index (χ2v) is 5.54. The van der Waals surface area contributed by atoms with Crippen LogP contribution in [0.15, 0.2) is 40.1 Å². The van der Waals surface area contributed by atoms with Crippen LogP contribution < -0.4 is 10.6 Å². The SMILES string of the molecule is CN=C(NCc1nc(-c2cccc(Cl)c2)no1)NCc1ncnn1C. The predicted molar refractivity (Wildman–Crippen MR) is 92.8 cm³/mol. The van der Waals surface area contributed by atoms with Gasteiger partial charge in [0.2, 0.25) is 11.7 Å². The first-order chi connectivity index (χ1) is 12.2. The molecule has 0 saturated carbocycles. The summed E-state index contributed by atoms with van der Waals surface area (Å²) in [6, 6.07) is 7.28. The maximum absolute atomic E-state index is 5.98. The van der Waals surface area contributed by atoms with Crippen LogP contribution in [-0.4, -0.2) is 37.9 Å². The number of hydrogen-bond acceptors (Lipinski definition) is 6. The van der Waals surface area contributed by atoms with Crippen LogP contribution in [0.3, 0.4) is 0 Å². The zero-order chi connectivity index (χ0) is 17.6. The molecular weight excluding hydrogens is 344 g/mol. The van der Waals surface area contributed by atoms with E-state index in [1.54, 1.807) is 23.9 Å². The van der Waals surface area contributed by atoms with Crippen LogP contribution in [0.5, 0.6) is 0 Å². The average Bonchev–Trinajstić information content (AvgIpc) is 3.24. The number of benzene rings is 1. The molecule has 0 amide bonds. The minimum atomic E-state index is 0.339. The normalized spacial score (nSPS) is 11.6. The van der Waals surface area contributed by atoms with Crippen molar-refractivity contribution in [2.45, 2.75) is 13.1 Å². The van der Waals surface area contributed by atoms with Gasteiger partial charge in [0.05, 0.1) is 13.1 Å². The number of aromatic nitrogens is 5. The molecule has 0 aliphatic rings. The van der Waals surface area contributed by atoms with Crippen LogP contribution in [0.4, 0.5) is 0 Å². The molecule has 10 heteroatoms. The highest BCUT2D eigenvalue weighted by Gasteiger charge is 2.10. The fourth-order valence-corrected chi connectivity index (χ4v) is 2.28. The summed E-state index contributed by atoms with van der Waals surface area (Å²) >= 11 is 5.98. The number of rotatable bonds is 5. The second-order valence-electron chi connectivity index (χ2n) is 5.10. The molecule has 2 N–H and O–H groups in total. The third-order valence-corrected chi connectivity index (χ3v) is 3.64. The van der Waals surface area contributed by atoms with Crippen LogP contribution in [0.2, 0.25) is 5.02 Å². The molecule has 0 aliphatic heterocycles. The van der Waals surface area contributed by atoms with E-state index in [2.05, 4.69) is 35.8 Å². The summed E-state index contributed by atoms with van der Waals surface area (Å²) in [7, 11) is 3.51. The third-order valence-electron chi connectivity index (χ3n) is 3.40. The zero-order valence-corrected chi connectivity index (χ0v) is 14.5. The molecular formula is C15H17ClN8O. The number of guanidine groups is 1. The molecule has 0 spiro atoms. The zero-order valence-electron chi connectivity index (χ0n) is 13.8. The Labute approximate surface area is 149 Å². The van der Waals surface area contributed by atoms with Gasteiger partial charge in [-0.3, -0.25) is 9.67 Å². The fraction of sp³-hybridized carbons (Fsp3) is 0.267. The summed E-state index contributed by atoms with van der Waals surface area (Å²) in [6.07, 6.45) is 1.50. The van der Waals surface area contributed by atoms with Gasteiger partial charge in [0.25, 0.3) is 0 Å². The Bertz CT molecular complexity index is 872. The summed E-state index contributed by atoms with van der Waals surface area (Å²) in [5.41, 5.74) is 0.798. The highest BCUT2D eigenvalue weighted by Crippen LogP contribution is 2.19. The summed E-state index contributed by atoms with van der Waals surface area (Å²) in [5.74, 6) is 2.31. The molecule has 130 valence electrons. The van der Waals surface area contributed by atoms with E-state index >= 15 is 0 Å². The van der Waals surface area contributed by atoms with Crippen molar-refractivity contribution in [3.8, 4) is 11.4 Å². The molecule has 0 radical (unpaired) electrons. The molecule has 9 nitrogen and oxygen atoms in total. The first-order valence-corrected chi connectivity index (χ1v) is 7.89. The van der Waals surface area contributed by atoms with Crippen molar-refractivity contribution in [1.29, 1.82) is 0 Å². The van der Waals surface area contributed by atoms with Gasteiger partial charge in [-0.1, -0.05) is 28.9 Å². The lowest BCUT2D eigenvalue weighted by Gasteiger charge is -2.09. The van der Waals surface area contributed by atoms with Crippen molar-refractivity contribution < 1.29 is 4.52 Å². The number of nitrogens with one attached hydrogen (secondary N) is 2. The van der Waals surface area contributed by atoms with Crippen molar-refractivity contribution in [3.63, 3.8) is 0 Å². The van der Waals surface area contributed by atoms with Crippen LogP contribution in [0, 0.1) is 0 Å². The fourth-order valence-electron chi connectivity index (χ4n) is 2.09. The highest BCUT2D eigenvalue weighted by molar-refractivity contribution is 6.30. The van der Waals surface area contributed by atoms with Crippen LogP contribution >= 0.6 is 11.6 Å². The first kappa shape index (κ1) is 16.9. The lowest BCUT2D eigenvalue weighted by Crippen LogP contribution is -2.37. The Kier molecular flexibility index (Phi) is 5.24. The standard InChI is InChI=1S/C15H17ClN8O/c1-17-15(18-7-12-20-9-21-24(12)2)19-8-13-22-14(23-25-13)10-4-3-5-11(16)6-10/h3-6,9H,7-8H2,1-2H3,(H2,17,18,19). The first-order valence-electron chi connectivity index (χ1n) is 7.51. The minimum Gasteiger partial charge on any atom is -0.349 e. The Balaban J connectivity index is 1.56. The molecule has 0 aliphatic carbocycles. The smallest absolute Gasteiger partial charge is 0.246 e. The molecule has 3 rings (SSSR count). The van der Waals surface area contributed by atoms with E-state index in [1.165, 1.54) is 6.33 Å². The summed E-state index contributed by atoms with van der Waals surface area (Å²) in [5, 5.41) is 14.8. The van der Waals surface area contributed by atoms with Gasteiger partial charge in [0.15, 0.2) is 5.96 Å². The Morgan fingerprint density at radius 1 is 1.32 bits per heavy atom. The Hall–Kier alpha value is -2.94. The van der Waals surface area contributed by atoms with Gasteiger partial charge in [0.1, 0.15) is 12.2 Å². The molecule has 0 saturated heterocycles. The summed E-state index contributed by atoms with van der Waals surface area (Å²) < 4.78 is 6.94. The van der Waals surface area contributed by atoms with Gasteiger partial charge in [-0.05, 0) is 12.1 Å². The molecule has 0 bridgehead atoms. The van der Waals surface area contributed by atoms with Gasteiger partial charge in [-0.2, -0.15) is 10.1 Å². The summed E-state index contributed by atoms with van der Waals surface area (Å²) in [6.45, 7) is 0.833. The van der Waals surface area contributed by atoms with Crippen molar-refractivity contribution in [1.82, 2.24) is 35.5 Å². The van der Waals surface area contributed by atoms with E-state index in [-0.39, 0.29) is 0 Å². The van der Waals surface area contributed by atoms with E-state index in [9.17, 15) is 0 Å². The van der Waals surface area contributed by atoms with Crippen molar-refractivity contribution >= 4 is 17.6 Å². The van der Waals surface area contributed by atoms with Gasteiger partial charge in [-0.15, -0.1) is 0 Å². The van der Waals surface area contributed by atoms with Crippen molar-refractivity contribution in [2.24, 2.45) is 12.0 Å². The van der Waals surface area contributed by atoms with E-state index in [4.69, 9.17) is 16.1 Å². The molecule has 0 atom stereocenters. The van der Waals surface area contributed by atoms with Gasteiger partial charge >= 0.3 is 0 Å². The van der Waals surface area contributed by atoms with E-state index in [0.29, 0.717) is 35.8 Å². The topological polar surface area (TPSA) is 106 Å². The lowest BCUT2D eigenvalue weighted by atomic mass is 10.2. The largest absolute Gasteiger partial charge is 0.349 e.